The standard InChI is InChI=1S/C21H42NO2S/c1-2-3-4-5-6-7-8-9-10-11-12-13-14-15-16-17-18-22-21(23)24-19-20-25/h2-20H2,1H3,(H,22,23). The second kappa shape index (κ2) is 21.7. The molecule has 0 saturated heterocycles. The van der Waals surface area contributed by atoms with E-state index in [4.69, 9.17) is 17.4 Å². The zero-order valence-electron chi connectivity index (χ0n) is 16.7. The third-order valence-electron chi connectivity index (χ3n) is 4.62. The van der Waals surface area contributed by atoms with E-state index in [0.717, 1.165) is 6.42 Å². The summed E-state index contributed by atoms with van der Waals surface area (Å²) >= 11 is 4.72. The molecule has 0 rings (SSSR count). The summed E-state index contributed by atoms with van der Waals surface area (Å²) < 4.78 is 4.87. The number of ether oxygens (including phenoxy) is 1. The highest BCUT2D eigenvalue weighted by Gasteiger charge is 1.99. The molecule has 1 radical (unpaired) electrons. The fraction of sp³-hybridized carbons (Fsp3) is 0.952. The second-order valence-electron chi connectivity index (χ2n) is 7.07. The quantitative estimate of drug-likeness (QED) is 0.244. The van der Waals surface area contributed by atoms with Crippen molar-refractivity contribution in [1.29, 1.82) is 0 Å². The first-order valence-corrected chi connectivity index (χ1v) is 11.4. The molecule has 0 aliphatic heterocycles. The Kier molecular flexibility index (Phi) is 21.3. The summed E-state index contributed by atoms with van der Waals surface area (Å²) in [6, 6.07) is 0. The minimum Gasteiger partial charge on any atom is -0.449 e. The Morgan fingerprint density at radius 1 is 0.720 bits per heavy atom. The molecule has 1 N–H and O–H groups in total. The molecule has 0 aromatic carbocycles. The highest BCUT2D eigenvalue weighted by molar-refractivity contribution is 7.80. The molecule has 4 heteroatoms. The molecular weight excluding hydrogens is 330 g/mol. The molecule has 3 nitrogen and oxygen atoms in total. The van der Waals surface area contributed by atoms with Crippen molar-refractivity contribution in [3.8, 4) is 0 Å². The molecule has 1 amide bonds. The van der Waals surface area contributed by atoms with Gasteiger partial charge in [0.15, 0.2) is 0 Å². The number of rotatable bonds is 19. The van der Waals surface area contributed by atoms with Crippen LogP contribution in [-0.4, -0.2) is 25.0 Å². The van der Waals surface area contributed by atoms with Gasteiger partial charge in [-0.3, -0.25) is 0 Å². The van der Waals surface area contributed by atoms with Crippen LogP contribution in [0.25, 0.3) is 0 Å². The van der Waals surface area contributed by atoms with Gasteiger partial charge in [-0.2, -0.15) is 0 Å². The zero-order valence-corrected chi connectivity index (χ0v) is 17.5. The zero-order chi connectivity index (χ0) is 18.4. The van der Waals surface area contributed by atoms with Gasteiger partial charge < -0.3 is 10.1 Å². The van der Waals surface area contributed by atoms with E-state index in [-0.39, 0.29) is 6.09 Å². The van der Waals surface area contributed by atoms with E-state index >= 15 is 0 Å². The predicted molar refractivity (Wildman–Crippen MR) is 111 cm³/mol. The number of alkyl carbamates (subject to hydrolysis) is 1. The first kappa shape index (κ1) is 24.6. The Hall–Kier alpha value is -0.380. The van der Waals surface area contributed by atoms with E-state index in [0.29, 0.717) is 18.9 Å². The Morgan fingerprint density at radius 2 is 1.12 bits per heavy atom. The third-order valence-corrected chi connectivity index (χ3v) is 4.78. The van der Waals surface area contributed by atoms with Crippen molar-refractivity contribution in [2.45, 2.75) is 110 Å². The summed E-state index contributed by atoms with van der Waals surface area (Å²) in [5.74, 6) is 0.465. The molecule has 25 heavy (non-hydrogen) atoms. The number of hydrogen-bond donors (Lipinski definition) is 1. The van der Waals surface area contributed by atoms with Gasteiger partial charge in [0.2, 0.25) is 0 Å². The minimum atomic E-state index is -0.328. The smallest absolute Gasteiger partial charge is 0.407 e. The molecule has 149 valence electrons. The van der Waals surface area contributed by atoms with E-state index < -0.39 is 0 Å². The maximum absolute atomic E-state index is 11.2. The molecule has 0 unspecified atom stereocenters. The average molecular weight is 373 g/mol. The normalized spacial score (nSPS) is 10.8. The number of nitrogens with one attached hydrogen (secondary N) is 1. The van der Waals surface area contributed by atoms with Crippen molar-refractivity contribution in [2.75, 3.05) is 18.9 Å². The predicted octanol–water partition coefficient (Wildman–Crippen LogP) is 7.17. The van der Waals surface area contributed by atoms with Crippen LogP contribution in [0, 0.1) is 0 Å². The van der Waals surface area contributed by atoms with E-state index in [9.17, 15) is 4.79 Å². The van der Waals surface area contributed by atoms with Gasteiger partial charge in [0.05, 0.1) is 0 Å². The van der Waals surface area contributed by atoms with Crippen molar-refractivity contribution in [3.63, 3.8) is 0 Å². The van der Waals surface area contributed by atoms with Gasteiger partial charge in [0.1, 0.15) is 6.61 Å². The van der Waals surface area contributed by atoms with Crippen LogP contribution in [0.3, 0.4) is 0 Å². The summed E-state index contributed by atoms with van der Waals surface area (Å²) in [5, 5.41) is 2.76. The number of amides is 1. The first-order valence-electron chi connectivity index (χ1n) is 10.8. The average Bonchev–Trinajstić information content (AvgIpc) is 2.62. The summed E-state index contributed by atoms with van der Waals surface area (Å²) in [4.78, 5) is 11.2. The Balaban J connectivity index is 3.04. The molecule has 0 fully saturated rings. The molecule has 0 bridgehead atoms. The Labute approximate surface area is 162 Å². The molecule has 0 spiro atoms. The van der Waals surface area contributed by atoms with Crippen LogP contribution in [0.4, 0.5) is 4.79 Å². The van der Waals surface area contributed by atoms with Crippen molar-refractivity contribution in [2.24, 2.45) is 0 Å². The highest BCUT2D eigenvalue weighted by Crippen LogP contribution is 2.13. The number of hydrogen-bond acceptors (Lipinski definition) is 2. The van der Waals surface area contributed by atoms with Crippen LogP contribution >= 0.6 is 12.6 Å². The lowest BCUT2D eigenvalue weighted by Gasteiger charge is -2.06. The van der Waals surface area contributed by atoms with Crippen molar-refractivity contribution in [1.82, 2.24) is 5.32 Å². The van der Waals surface area contributed by atoms with Crippen molar-refractivity contribution >= 4 is 18.7 Å². The molecule has 0 aliphatic rings. The third kappa shape index (κ3) is 21.6. The molecule has 0 heterocycles. The number of unbranched alkanes of at least 4 members (excludes halogenated alkanes) is 15. The van der Waals surface area contributed by atoms with Gasteiger partial charge >= 0.3 is 6.09 Å². The lowest BCUT2D eigenvalue weighted by atomic mass is 10.0. The van der Waals surface area contributed by atoms with E-state index in [1.165, 1.54) is 96.3 Å². The highest BCUT2D eigenvalue weighted by atomic mass is 32.1. The van der Waals surface area contributed by atoms with E-state index in [2.05, 4.69) is 12.2 Å². The Bertz CT molecular complexity index is 275. The summed E-state index contributed by atoms with van der Waals surface area (Å²) in [5.41, 5.74) is 0. The maximum Gasteiger partial charge on any atom is 0.407 e. The largest absolute Gasteiger partial charge is 0.449 e. The number of carbonyl (C=O) groups is 1. The molecule has 0 aromatic rings. The van der Waals surface area contributed by atoms with Crippen LogP contribution < -0.4 is 5.32 Å². The van der Waals surface area contributed by atoms with Gasteiger partial charge in [-0.05, 0) is 6.42 Å². The summed E-state index contributed by atoms with van der Waals surface area (Å²) in [6.07, 6.45) is 21.5. The monoisotopic (exact) mass is 372 g/mol. The molecule has 0 atom stereocenters. The molecular formula is C21H42NO2S. The SMILES string of the molecule is CCCCCCCCCCCCCCCCCCNC(=O)OCC[S]. The van der Waals surface area contributed by atoms with Gasteiger partial charge in [-0.15, -0.1) is 0 Å². The fourth-order valence-electron chi connectivity index (χ4n) is 3.05. The first-order chi connectivity index (χ1) is 12.3. The molecule has 0 saturated carbocycles. The van der Waals surface area contributed by atoms with Crippen molar-refractivity contribution in [3.05, 3.63) is 0 Å². The van der Waals surface area contributed by atoms with E-state index in [1.807, 2.05) is 0 Å². The number of carbonyl (C=O) groups excluding carboxylic acids is 1. The van der Waals surface area contributed by atoms with Gasteiger partial charge in [-0.25, -0.2) is 4.79 Å². The van der Waals surface area contributed by atoms with Crippen LogP contribution in [0.15, 0.2) is 0 Å². The lowest BCUT2D eigenvalue weighted by Crippen LogP contribution is -2.25. The molecule has 0 aliphatic carbocycles. The van der Waals surface area contributed by atoms with Gasteiger partial charge in [-0.1, -0.05) is 116 Å². The van der Waals surface area contributed by atoms with Crippen molar-refractivity contribution < 1.29 is 9.53 Å². The Morgan fingerprint density at radius 3 is 1.52 bits per heavy atom. The molecule has 0 aromatic heterocycles. The topological polar surface area (TPSA) is 38.3 Å². The fourth-order valence-corrected chi connectivity index (χ4v) is 3.13. The van der Waals surface area contributed by atoms with Crippen LogP contribution in [0.5, 0.6) is 0 Å². The van der Waals surface area contributed by atoms with Crippen LogP contribution in [0.1, 0.15) is 110 Å². The van der Waals surface area contributed by atoms with E-state index in [1.54, 1.807) is 0 Å². The minimum absolute atomic E-state index is 0.328. The van der Waals surface area contributed by atoms with Crippen LogP contribution in [0.2, 0.25) is 0 Å². The second-order valence-corrected chi connectivity index (χ2v) is 7.48. The van der Waals surface area contributed by atoms with Gasteiger partial charge in [0.25, 0.3) is 0 Å². The van der Waals surface area contributed by atoms with Crippen LogP contribution in [-0.2, 0) is 4.74 Å². The van der Waals surface area contributed by atoms with Gasteiger partial charge in [0, 0.05) is 12.3 Å². The maximum atomic E-state index is 11.2. The lowest BCUT2D eigenvalue weighted by molar-refractivity contribution is 0.153. The summed E-state index contributed by atoms with van der Waals surface area (Å²) in [7, 11) is 0. The summed E-state index contributed by atoms with van der Waals surface area (Å²) in [6.45, 7) is 3.33.